The molecule has 1 heterocycles. The highest BCUT2D eigenvalue weighted by Gasteiger charge is 2.70. The number of carbonyl (C=O) groups is 1. The Morgan fingerprint density at radius 2 is 1.36 bits per heavy atom. The van der Waals surface area contributed by atoms with Gasteiger partial charge in [0, 0.05) is 17.9 Å². The first kappa shape index (κ1) is 43.0. The number of nitrogens with zero attached hydrogens (tertiary/aromatic N) is 1. The molecule has 0 aliphatic heterocycles. The summed E-state index contributed by atoms with van der Waals surface area (Å²) >= 11 is 0. The van der Waals surface area contributed by atoms with Crippen LogP contribution in [0.3, 0.4) is 0 Å². The van der Waals surface area contributed by atoms with E-state index < -0.39 is 0 Å². The van der Waals surface area contributed by atoms with Gasteiger partial charge in [0.15, 0.2) is 12.4 Å². The van der Waals surface area contributed by atoms with Crippen LogP contribution >= 0.6 is 0 Å². The molecule has 1 aromatic rings. The van der Waals surface area contributed by atoms with E-state index in [0.29, 0.717) is 39.1 Å². The fourth-order valence-electron chi connectivity index (χ4n) is 15.1. The molecule has 0 aromatic carbocycles. The van der Waals surface area contributed by atoms with Gasteiger partial charge in [0.1, 0.15) is 18.2 Å². The number of allylic oxidation sites excluding steroid dienone is 1. The number of pyridine rings is 1. The second-order valence-corrected chi connectivity index (χ2v) is 22.0. The van der Waals surface area contributed by atoms with Gasteiger partial charge < -0.3 is 4.74 Å². The Kier molecular flexibility index (Phi) is 13.8. The molecular weight excluding hydrogens is 671 g/mol. The van der Waals surface area contributed by atoms with E-state index in [1.54, 1.807) is 0 Å². The van der Waals surface area contributed by atoms with E-state index in [2.05, 4.69) is 72.7 Å². The van der Waals surface area contributed by atoms with Crippen LogP contribution in [0.5, 0.6) is 0 Å². The highest BCUT2D eigenvalue weighted by Crippen LogP contribution is 2.77. The monoisotopic (exact) mass is 757 g/mol. The summed E-state index contributed by atoms with van der Waals surface area (Å²) in [5, 5.41) is 0. The Morgan fingerprint density at radius 3 is 2.00 bits per heavy atom. The van der Waals surface area contributed by atoms with Crippen LogP contribution in [0.2, 0.25) is 0 Å². The summed E-state index contributed by atoms with van der Waals surface area (Å²) in [6.07, 6.45) is 36.5. The molecule has 6 rings (SSSR count). The fourth-order valence-corrected chi connectivity index (χ4v) is 15.1. The predicted octanol–water partition coefficient (Wildman–Crippen LogP) is 14.7. The number of hydrogen-bond acceptors (Lipinski definition) is 2. The molecular formula is C52H86NO2+. The number of hydrogen-bond donors (Lipinski definition) is 0. The van der Waals surface area contributed by atoms with E-state index in [1.165, 1.54) is 153 Å². The molecule has 0 bridgehead atoms. The van der Waals surface area contributed by atoms with Gasteiger partial charge in [-0.1, -0.05) is 138 Å². The lowest BCUT2D eigenvalue weighted by molar-refractivity contribution is -0.697. The zero-order chi connectivity index (χ0) is 39.5. The molecule has 3 nitrogen and oxygen atoms in total. The molecule has 3 heteroatoms. The summed E-state index contributed by atoms with van der Waals surface area (Å²) in [6, 6.07) is 4.01. The molecule has 55 heavy (non-hydrogen) atoms. The molecule has 0 radical (unpaired) electrons. The molecule has 0 N–H and O–H groups in total. The highest BCUT2D eigenvalue weighted by atomic mass is 16.5. The van der Waals surface area contributed by atoms with Gasteiger partial charge in [-0.3, -0.25) is 0 Å². The molecule has 10 atom stereocenters. The first-order chi connectivity index (χ1) is 26.2. The number of esters is 1. The molecule has 5 aliphatic rings. The first-order valence-electron chi connectivity index (χ1n) is 24.1. The Labute approximate surface area is 340 Å². The van der Waals surface area contributed by atoms with Crippen molar-refractivity contribution in [1.29, 1.82) is 0 Å². The molecule has 5 saturated carbocycles. The maximum absolute atomic E-state index is 13.8. The minimum atomic E-state index is -0.125. The van der Waals surface area contributed by atoms with Gasteiger partial charge in [0.25, 0.3) is 0 Å². The molecule has 0 saturated heterocycles. The summed E-state index contributed by atoms with van der Waals surface area (Å²) in [4.78, 5) is 13.8. The molecule has 310 valence electrons. The number of unbranched alkanes of at least 4 members (excludes halogenated alkanes) is 13. The third-order valence-electron chi connectivity index (χ3n) is 18.5. The smallest absolute Gasteiger partial charge is 0.344 e. The summed E-state index contributed by atoms with van der Waals surface area (Å²) in [7, 11) is 0. The average molecular weight is 757 g/mol. The summed E-state index contributed by atoms with van der Waals surface area (Å²) in [6.45, 7) is 25.9. The van der Waals surface area contributed by atoms with Crippen molar-refractivity contribution in [2.24, 2.45) is 56.7 Å². The van der Waals surface area contributed by atoms with Crippen LogP contribution in [0.1, 0.15) is 220 Å². The zero-order valence-corrected chi connectivity index (χ0v) is 37.4. The second-order valence-electron chi connectivity index (χ2n) is 22.0. The maximum Gasteiger partial charge on any atom is 0.344 e. The van der Waals surface area contributed by atoms with Crippen LogP contribution in [-0.2, 0) is 11.3 Å². The number of rotatable bonds is 18. The Bertz CT molecular complexity index is 1450. The van der Waals surface area contributed by atoms with Gasteiger partial charge in [0.2, 0.25) is 0 Å². The van der Waals surface area contributed by atoms with Crippen LogP contribution in [0.25, 0.3) is 0 Å². The van der Waals surface area contributed by atoms with E-state index in [4.69, 9.17) is 4.74 Å². The topological polar surface area (TPSA) is 30.2 Å². The van der Waals surface area contributed by atoms with Crippen molar-refractivity contribution >= 4 is 5.97 Å². The van der Waals surface area contributed by atoms with Gasteiger partial charge in [-0.2, -0.15) is 0 Å². The van der Waals surface area contributed by atoms with E-state index in [0.717, 1.165) is 30.7 Å². The predicted molar refractivity (Wildman–Crippen MR) is 231 cm³/mol. The lowest BCUT2D eigenvalue weighted by atomic mass is 9.32. The molecule has 0 unspecified atom stereocenters. The van der Waals surface area contributed by atoms with E-state index in [-0.39, 0.29) is 17.5 Å². The lowest BCUT2D eigenvalue weighted by Crippen LogP contribution is -2.66. The Morgan fingerprint density at radius 1 is 0.727 bits per heavy atom. The van der Waals surface area contributed by atoms with Crippen LogP contribution in [-0.4, -0.2) is 12.1 Å². The molecule has 1 aromatic heterocycles. The standard InChI is InChI=1S/C52H86NO2/c1-10-11-12-13-14-15-16-17-18-19-20-21-22-23-36-53-37-24-25-40(38-53)47(54)55-45-30-32-50(7)43(48(45,4)5)29-33-52(9)44(50)27-26-42-46-41(39(2)3)28-31-49(46,6)34-35-51(42,52)8/h24-25,37-38,41-46H,2,10-23,26-36H2,1,3-9H3/q+1/t41-,42+,43-,44+,45-,46+,49+,50-,51+,52+/m0/s1. The maximum atomic E-state index is 13.8. The van der Waals surface area contributed by atoms with Crippen molar-refractivity contribution < 1.29 is 14.1 Å². The SMILES string of the molecule is C=C(C)[C@@H]1CC[C@]2(C)CC[C@]3(C)[C@H](CC[C@@H]4[C@@]5(C)CC[C@H](OC(=O)c6ccc[n+](CCCCCCCCCCCCCCCC)c6)C(C)(C)[C@@H]5CC[C@]43C)[C@@H]12. The number of fused-ring (bicyclic) bond motifs is 7. The number of aryl methyl sites for hydroxylation is 1. The van der Waals surface area contributed by atoms with Crippen LogP contribution < -0.4 is 4.57 Å². The number of aromatic nitrogens is 1. The van der Waals surface area contributed by atoms with Gasteiger partial charge in [-0.05, 0) is 135 Å². The number of carbonyl (C=O) groups excluding carboxylic acids is 1. The normalized spacial score (nSPS) is 37.7. The Balaban J connectivity index is 0.992. The van der Waals surface area contributed by atoms with E-state index in [9.17, 15) is 4.79 Å². The van der Waals surface area contributed by atoms with Gasteiger partial charge in [0.05, 0.1) is 0 Å². The third kappa shape index (κ3) is 8.45. The van der Waals surface area contributed by atoms with Crippen molar-refractivity contribution in [3.63, 3.8) is 0 Å². The van der Waals surface area contributed by atoms with Crippen molar-refractivity contribution in [3.8, 4) is 0 Å². The molecule has 5 aliphatic carbocycles. The number of ether oxygens (including phenoxy) is 1. The average Bonchev–Trinajstić information content (AvgIpc) is 3.51. The van der Waals surface area contributed by atoms with Crippen LogP contribution in [0, 0.1) is 56.7 Å². The quantitative estimate of drug-likeness (QED) is 0.0646. The summed E-state index contributed by atoms with van der Waals surface area (Å²) in [5.41, 5.74) is 3.69. The summed E-state index contributed by atoms with van der Waals surface area (Å²) in [5.74, 6) is 3.55. The van der Waals surface area contributed by atoms with Gasteiger partial charge in [-0.25, -0.2) is 9.36 Å². The molecule has 0 amide bonds. The van der Waals surface area contributed by atoms with Crippen molar-refractivity contribution in [2.75, 3.05) is 0 Å². The van der Waals surface area contributed by atoms with Crippen LogP contribution in [0.15, 0.2) is 36.7 Å². The third-order valence-corrected chi connectivity index (χ3v) is 18.5. The summed E-state index contributed by atoms with van der Waals surface area (Å²) < 4.78 is 8.79. The second kappa shape index (κ2) is 17.7. The minimum absolute atomic E-state index is 0.0287. The van der Waals surface area contributed by atoms with Gasteiger partial charge in [-0.15, -0.1) is 0 Å². The van der Waals surface area contributed by atoms with Crippen molar-refractivity contribution in [2.45, 2.75) is 222 Å². The van der Waals surface area contributed by atoms with E-state index >= 15 is 0 Å². The minimum Gasteiger partial charge on any atom is -0.458 e. The largest absolute Gasteiger partial charge is 0.458 e. The van der Waals surface area contributed by atoms with Gasteiger partial charge >= 0.3 is 5.97 Å². The highest BCUT2D eigenvalue weighted by molar-refractivity contribution is 5.88. The molecule has 5 fully saturated rings. The van der Waals surface area contributed by atoms with E-state index in [1.807, 2.05) is 18.3 Å². The van der Waals surface area contributed by atoms with Crippen molar-refractivity contribution in [3.05, 3.63) is 42.2 Å². The van der Waals surface area contributed by atoms with Crippen molar-refractivity contribution in [1.82, 2.24) is 0 Å². The Hall–Kier alpha value is -1.64. The molecule has 0 spiro atoms. The lowest BCUT2D eigenvalue weighted by Gasteiger charge is -2.73. The van der Waals surface area contributed by atoms with Crippen LogP contribution in [0.4, 0.5) is 0 Å². The fraction of sp³-hybridized carbons (Fsp3) is 0.846. The first-order valence-corrected chi connectivity index (χ1v) is 24.1. The zero-order valence-electron chi connectivity index (χ0n) is 37.4.